The van der Waals surface area contributed by atoms with Crippen LogP contribution in [0.15, 0.2) is 0 Å². The van der Waals surface area contributed by atoms with Crippen molar-refractivity contribution in [1.29, 1.82) is 0 Å². The Labute approximate surface area is 138 Å². The monoisotopic (exact) mass is 354 g/mol. The van der Waals surface area contributed by atoms with E-state index in [1.54, 1.807) is 0 Å². The lowest BCUT2D eigenvalue weighted by molar-refractivity contribution is -0.134. The zero-order chi connectivity index (χ0) is 17.7. The number of carbonyl (C=O) groups is 1. The van der Waals surface area contributed by atoms with Gasteiger partial charge in [0.2, 0.25) is 0 Å². The number of phosphoric ester groups is 1. The summed E-state index contributed by atoms with van der Waals surface area (Å²) in [7, 11) is -4.72. The Balaban J connectivity index is 3.66. The van der Waals surface area contributed by atoms with Gasteiger partial charge in [-0.25, -0.2) is 4.57 Å². The molecule has 0 saturated heterocycles. The van der Waals surface area contributed by atoms with Crippen molar-refractivity contribution in [2.75, 3.05) is 6.61 Å². The molecule has 138 valence electrons. The minimum Gasteiger partial charge on any atom is -0.388 e. The van der Waals surface area contributed by atoms with E-state index in [1.807, 2.05) is 0 Å². The molecule has 23 heavy (non-hydrogen) atoms. The smallest absolute Gasteiger partial charge is 0.388 e. The molecular formula is C15H31O7P. The summed E-state index contributed by atoms with van der Waals surface area (Å²) in [4.78, 5) is 28.6. The van der Waals surface area contributed by atoms with Crippen molar-refractivity contribution in [3.63, 3.8) is 0 Å². The summed E-state index contributed by atoms with van der Waals surface area (Å²) in [5.41, 5.74) is 0. The first-order valence-electron chi connectivity index (χ1n) is 8.37. The van der Waals surface area contributed by atoms with E-state index < -0.39 is 32.4 Å². The zero-order valence-electron chi connectivity index (χ0n) is 13.9. The quantitative estimate of drug-likeness (QED) is 0.263. The number of carbonyl (C=O) groups excluding carboxylic acids is 1. The molecule has 0 amide bonds. The molecule has 2 unspecified atom stereocenters. The highest BCUT2D eigenvalue weighted by molar-refractivity contribution is 7.46. The number of phosphoric acid groups is 1. The van der Waals surface area contributed by atoms with Gasteiger partial charge >= 0.3 is 7.82 Å². The molecule has 0 aliphatic heterocycles. The van der Waals surface area contributed by atoms with Crippen LogP contribution in [0.4, 0.5) is 0 Å². The average Bonchev–Trinajstić information content (AvgIpc) is 2.49. The van der Waals surface area contributed by atoms with Gasteiger partial charge in [0.15, 0.2) is 5.78 Å². The lowest BCUT2D eigenvalue weighted by Gasteiger charge is -2.17. The van der Waals surface area contributed by atoms with Gasteiger partial charge < -0.3 is 20.0 Å². The van der Waals surface area contributed by atoms with Gasteiger partial charge in [0.25, 0.3) is 0 Å². The normalized spacial score (nSPS) is 14.7. The first kappa shape index (κ1) is 22.7. The van der Waals surface area contributed by atoms with E-state index in [0.29, 0.717) is 6.42 Å². The van der Waals surface area contributed by atoms with Gasteiger partial charge in [-0.15, -0.1) is 0 Å². The van der Waals surface area contributed by atoms with E-state index in [-0.39, 0.29) is 6.42 Å². The van der Waals surface area contributed by atoms with Gasteiger partial charge in [0.1, 0.15) is 12.2 Å². The Morgan fingerprint density at radius 1 is 0.957 bits per heavy atom. The molecule has 0 spiro atoms. The Bertz CT molecular complexity index is 356. The van der Waals surface area contributed by atoms with E-state index >= 15 is 0 Å². The highest BCUT2D eigenvalue weighted by Gasteiger charge is 2.26. The van der Waals surface area contributed by atoms with Crippen molar-refractivity contribution in [2.45, 2.75) is 83.3 Å². The molecule has 0 aromatic carbocycles. The van der Waals surface area contributed by atoms with Crippen molar-refractivity contribution in [2.24, 2.45) is 0 Å². The number of rotatable bonds is 15. The Kier molecular flexibility index (Phi) is 12.9. The van der Waals surface area contributed by atoms with E-state index in [1.165, 1.54) is 32.1 Å². The van der Waals surface area contributed by atoms with E-state index in [9.17, 15) is 19.6 Å². The van der Waals surface area contributed by atoms with Crippen LogP contribution in [0.1, 0.15) is 71.1 Å². The van der Waals surface area contributed by atoms with Gasteiger partial charge in [-0.1, -0.05) is 58.3 Å². The minimum absolute atomic E-state index is 0.143. The molecule has 0 aromatic rings. The van der Waals surface area contributed by atoms with E-state index in [2.05, 4.69) is 11.4 Å². The molecule has 4 N–H and O–H groups in total. The van der Waals surface area contributed by atoms with Crippen molar-refractivity contribution in [1.82, 2.24) is 0 Å². The molecule has 0 rings (SSSR count). The third-order valence-corrected chi connectivity index (χ3v) is 4.12. The van der Waals surface area contributed by atoms with Crippen LogP contribution in [0.25, 0.3) is 0 Å². The molecule has 0 heterocycles. The molecule has 0 aliphatic rings. The van der Waals surface area contributed by atoms with Crippen molar-refractivity contribution in [3.05, 3.63) is 0 Å². The molecule has 0 bridgehead atoms. The maximum Gasteiger partial charge on any atom is 0.469 e. The highest BCUT2D eigenvalue weighted by atomic mass is 31.2. The van der Waals surface area contributed by atoms with E-state index in [0.717, 1.165) is 19.3 Å². The Morgan fingerprint density at radius 2 is 1.43 bits per heavy atom. The van der Waals surface area contributed by atoms with Crippen LogP contribution in [0.2, 0.25) is 0 Å². The number of hydrogen-bond donors (Lipinski definition) is 4. The van der Waals surface area contributed by atoms with Crippen molar-refractivity contribution < 1.29 is 33.9 Å². The van der Waals surface area contributed by atoms with Crippen LogP contribution in [-0.2, 0) is 13.9 Å². The largest absolute Gasteiger partial charge is 0.469 e. The second-order valence-corrected chi connectivity index (χ2v) is 7.08. The summed E-state index contributed by atoms with van der Waals surface area (Å²) in [6.07, 6.45) is 6.78. The van der Waals surface area contributed by atoms with Crippen molar-refractivity contribution >= 4 is 13.6 Å². The average molecular weight is 354 g/mol. The van der Waals surface area contributed by atoms with Gasteiger partial charge in [0.05, 0.1) is 6.61 Å². The highest BCUT2D eigenvalue weighted by Crippen LogP contribution is 2.35. The van der Waals surface area contributed by atoms with Gasteiger partial charge in [-0.2, -0.15) is 0 Å². The fourth-order valence-electron chi connectivity index (χ4n) is 2.24. The summed E-state index contributed by atoms with van der Waals surface area (Å²) in [6, 6.07) is 0. The second kappa shape index (κ2) is 13.0. The summed E-state index contributed by atoms with van der Waals surface area (Å²) < 4.78 is 14.5. The van der Waals surface area contributed by atoms with Crippen molar-refractivity contribution in [3.8, 4) is 0 Å². The number of unbranched alkanes of at least 4 members (excludes halogenated alkanes) is 8. The first-order valence-corrected chi connectivity index (χ1v) is 9.90. The topological polar surface area (TPSA) is 124 Å². The predicted octanol–water partition coefficient (Wildman–Crippen LogP) is 2.31. The number of Topliss-reactive ketones (excluding diaryl/α,β-unsaturated/α-hetero) is 1. The minimum atomic E-state index is -4.72. The maximum absolute atomic E-state index is 11.7. The summed E-state index contributed by atoms with van der Waals surface area (Å²) in [6.45, 7) is 1.40. The molecule has 7 nitrogen and oxygen atoms in total. The van der Waals surface area contributed by atoms with Crippen LogP contribution < -0.4 is 0 Å². The third-order valence-electron chi connectivity index (χ3n) is 3.63. The molecule has 2 atom stereocenters. The van der Waals surface area contributed by atoms with Crippen LogP contribution in [0.5, 0.6) is 0 Å². The lowest BCUT2D eigenvalue weighted by atomic mass is 10.0. The fraction of sp³-hybridized carbons (Fsp3) is 0.933. The molecule has 0 aliphatic carbocycles. The molecule has 0 fully saturated rings. The van der Waals surface area contributed by atoms with Crippen LogP contribution in [0.3, 0.4) is 0 Å². The third kappa shape index (κ3) is 13.8. The van der Waals surface area contributed by atoms with Gasteiger partial charge in [-0.05, 0) is 6.42 Å². The summed E-state index contributed by atoms with van der Waals surface area (Å²) >= 11 is 0. The fourth-order valence-corrected chi connectivity index (χ4v) is 2.58. The standard InChI is InChI=1S/C15H31O7P/c1-2-3-4-5-6-7-8-9-10-11-13(16)15(18)14(17)12-22-23(19,20)21/h14-15,17-18H,2-12H2,1H3,(H2,19,20,21). The molecule has 0 radical (unpaired) electrons. The number of hydrogen-bond acceptors (Lipinski definition) is 5. The predicted molar refractivity (Wildman–Crippen MR) is 86.9 cm³/mol. The number of aliphatic hydroxyl groups excluding tert-OH is 2. The van der Waals surface area contributed by atoms with Crippen LogP contribution in [-0.4, -0.2) is 44.6 Å². The van der Waals surface area contributed by atoms with Crippen LogP contribution in [0, 0.1) is 0 Å². The second-order valence-electron chi connectivity index (χ2n) is 5.84. The summed E-state index contributed by atoms with van der Waals surface area (Å²) in [5.74, 6) is -0.533. The Morgan fingerprint density at radius 3 is 1.91 bits per heavy atom. The van der Waals surface area contributed by atoms with Crippen LogP contribution >= 0.6 is 7.82 Å². The molecule has 8 heteroatoms. The van der Waals surface area contributed by atoms with E-state index in [4.69, 9.17) is 9.79 Å². The lowest BCUT2D eigenvalue weighted by Crippen LogP contribution is -2.36. The molecule has 0 saturated carbocycles. The number of aliphatic hydroxyl groups is 2. The molecule has 0 aromatic heterocycles. The maximum atomic E-state index is 11.7. The van der Waals surface area contributed by atoms with Gasteiger partial charge in [-0.3, -0.25) is 9.32 Å². The summed E-state index contributed by atoms with van der Waals surface area (Å²) in [5, 5.41) is 19.0. The SMILES string of the molecule is CCCCCCCCCCCC(=O)C(O)C(O)COP(=O)(O)O. The zero-order valence-corrected chi connectivity index (χ0v) is 14.8. The Hall–Kier alpha value is -0.300. The van der Waals surface area contributed by atoms with Gasteiger partial charge in [0, 0.05) is 6.42 Å². The molecular weight excluding hydrogens is 323 g/mol. The number of ketones is 1. The first-order chi connectivity index (χ1) is 10.8.